The largest absolute Gasteiger partial charge is 0.493 e. The number of ether oxygens (including phenoxy) is 2. The lowest BCUT2D eigenvalue weighted by Gasteiger charge is -2.19. The second-order valence-corrected chi connectivity index (χ2v) is 8.71. The SMILES string of the molecule is CCc1c(CO)cccc1Nc1c(CC(N)=O)cnc2cc(OCCCNC(C)C)c(OC)cc12. The number of nitrogens with one attached hydrogen (secondary N) is 2. The molecule has 0 saturated heterocycles. The highest BCUT2D eigenvalue weighted by Gasteiger charge is 2.17. The fourth-order valence-corrected chi connectivity index (χ4v) is 4.08. The molecule has 8 heteroatoms. The summed E-state index contributed by atoms with van der Waals surface area (Å²) in [7, 11) is 1.60. The fourth-order valence-electron chi connectivity index (χ4n) is 4.08. The second-order valence-electron chi connectivity index (χ2n) is 8.71. The summed E-state index contributed by atoms with van der Waals surface area (Å²) in [4.78, 5) is 16.4. The molecule has 0 fully saturated rings. The molecule has 0 saturated carbocycles. The summed E-state index contributed by atoms with van der Waals surface area (Å²) in [6.45, 7) is 7.62. The number of hydrogen-bond donors (Lipinski definition) is 4. The van der Waals surface area contributed by atoms with E-state index in [9.17, 15) is 9.90 Å². The number of aromatic nitrogens is 1. The van der Waals surface area contributed by atoms with Crippen LogP contribution in [0.15, 0.2) is 36.5 Å². The number of primary amides is 1. The predicted octanol–water partition coefficient (Wildman–Crippen LogP) is 3.84. The standard InChI is InChI=1S/C27H36N4O4/c1-5-20-18(16-32)8-6-9-22(20)31-27-19(12-26(28)33)15-30-23-14-25(24(34-4)13-21(23)27)35-11-7-10-29-17(2)3/h6,8-9,13-15,17,29,32H,5,7,10-12,16H2,1-4H3,(H2,28,33)(H,30,31). The van der Waals surface area contributed by atoms with Gasteiger partial charge in [0.15, 0.2) is 11.5 Å². The average Bonchev–Trinajstić information content (AvgIpc) is 2.84. The van der Waals surface area contributed by atoms with E-state index in [1.807, 2.05) is 37.3 Å². The molecule has 1 heterocycles. The number of rotatable bonds is 13. The molecule has 8 nitrogen and oxygen atoms in total. The van der Waals surface area contributed by atoms with Crippen LogP contribution in [0.5, 0.6) is 11.5 Å². The van der Waals surface area contributed by atoms with Gasteiger partial charge in [0.2, 0.25) is 5.91 Å². The summed E-state index contributed by atoms with van der Waals surface area (Å²) in [5.74, 6) is 0.744. The fraction of sp³-hybridized carbons (Fsp3) is 0.407. The Morgan fingerprint density at radius 1 is 1.20 bits per heavy atom. The molecular weight excluding hydrogens is 444 g/mol. The third-order valence-electron chi connectivity index (χ3n) is 5.78. The van der Waals surface area contributed by atoms with Gasteiger partial charge in [-0.15, -0.1) is 0 Å². The zero-order chi connectivity index (χ0) is 25.4. The second kappa shape index (κ2) is 12.4. The highest BCUT2D eigenvalue weighted by atomic mass is 16.5. The molecule has 1 aromatic heterocycles. The Hall–Kier alpha value is -3.36. The molecule has 3 rings (SSSR count). The minimum Gasteiger partial charge on any atom is -0.493 e. The van der Waals surface area contributed by atoms with Gasteiger partial charge in [-0.25, -0.2) is 0 Å². The van der Waals surface area contributed by atoms with Gasteiger partial charge in [0, 0.05) is 34.9 Å². The van der Waals surface area contributed by atoms with Gasteiger partial charge < -0.3 is 30.9 Å². The molecule has 0 bridgehead atoms. The molecule has 0 atom stereocenters. The van der Waals surface area contributed by atoms with Crippen LogP contribution in [0.4, 0.5) is 11.4 Å². The van der Waals surface area contributed by atoms with E-state index in [0.29, 0.717) is 35.2 Å². The molecule has 0 aliphatic heterocycles. The monoisotopic (exact) mass is 480 g/mol. The van der Waals surface area contributed by atoms with Gasteiger partial charge in [-0.2, -0.15) is 0 Å². The highest BCUT2D eigenvalue weighted by molar-refractivity contribution is 5.98. The maximum atomic E-state index is 11.8. The molecule has 0 spiro atoms. The van der Waals surface area contributed by atoms with Crippen molar-refractivity contribution < 1.29 is 19.4 Å². The Morgan fingerprint density at radius 3 is 2.66 bits per heavy atom. The summed E-state index contributed by atoms with van der Waals surface area (Å²) >= 11 is 0. The third kappa shape index (κ3) is 6.61. The molecule has 0 radical (unpaired) electrons. The van der Waals surface area contributed by atoms with Gasteiger partial charge in [0.05, 0.1) is 37.9 Å². The number of amides is 1. The van der Waals surface area contributed by atoms with E-state index in [2.05, 4.69) is 29.5 Å². The summed E-state index contributed by atoms with van der Waals surface area (Å²) in [5.41, 5.74) is 10.4. The number of nitrogens with two attached hydrogens (primary N) is 1. The van der Waals surface area contributed by atoms with Crippen LogP contribution in [0.3, 0.4) is 0 Å². The van der Waals surface area contributed by atoms with Crippen molar-refractivity contribution in [1.29, 1.82) is 0 Å². The summed E-state index contributed by atoms with van der Waals surface area (Å²) < 4.78 is 11.6. The number of anilines is 2. The number of nitrogens with zero attached hydrogens (tertiary/aromatic N) is 1. The van der Waals surface area contributed by atoms with Crippen LogP contribution in [0.1, 0.15) is 43.9 Å². The highest BCUT2D eigenvalue weighted by Crippen LogP contribution is 2.38. The van der Waals surface area contributed by atoms with Gasteiger partial charge in [0.1, 0.15) is 0 Å². The number of pyridine rings is 1. The lowest BCUT2D eigenvalue weighted by atomic mass is 10.0. The van der Waals surface area contributed by atoms with Crippen molar-refractivity contribution in [3.8, 4) is 11.5 Å². The first kappa shape index (κ1) is 26.2. The first-order chi connectivity index (χ1) is 16.9. The van der Waals surface area contributed by atoms with Crippen LogP contribution >= 0.6 is 0 Å². The van der Waals surface area contributed by atoms with Crippen molar-refractivity contribution >= 4 is 28.2 Å². The Labute approximate surface area is 206 Å². The molecule has 2 aromatic carbocycles. The van der Waals surface area contributed by atoms with Crippen molar-refractivity contribution in [1.82, 2.24) is 10.3 Å². The number of benzene rings is 2. The molecule has 35 heavy (non-hydrogen) atoms. The molecular formula is C27H36N4O4. The minimum absolute atomic E-state index is 0.0375. The third-order valence-corrected chi connectivity index (χ3v) is 5.78. The number of fused-ring (bicyclic) bond motifs is 1. The zero-order valence-corrected chi connectivity index (χ0v) is 21.0. The molecule has 188 valence electrons. The predicted molar refractivity (Wildman–Crippen MR) is 139 cm³/mol. The summed E-state index contributed by atoms with van der Waals surface area (Å²) in [6, 6.07) is 9.92. The van der Waals surface area contributed by atoms with Crippen LogP contribution in [0, 0.1) is 0 Å². The molecule has 0 aliphatic carbocycles. The van der Waals surface area contributed by atoms with Crippen molar-refractivity contribution in [2.75, 3.05) is 25.6 Å². The van der Waals surface area contributed by atoms with Crippen LogP contribution in [0.2, 0.25) is 0 Å². The molecule has 5 N–H and O–H groups in total. The smallest absolute Gasteiger partial charge is 0.221 e. The maximum Gasteiger partial charge on any atom is 0.221 e. The van der Waals surface area contributed by atoms with Crippen molar-refractivity contribution in [2.24, 2.45) is 5.73 Å². The van der Waals surface area contributed by atoms with Crippen molar-refractivity contribution in [3.05, 3.63) is 53.2 Å². The van der Waals surface area contributed by atoms with E-state index >= 15 is 0 Å². The number of hydrogen-bond acceptors (Lipinski definition) is 7. The van der Waals surface area contributed by atoms with Gasteiger partial charge in [-0.3, -0.25) is 9.78 Å². The van der Waals surface area contributed by atoms with E-state index < -0.39 is 5.91 Å². The number of carbonyl (C=O) groups excluding carboxylic acids is 1. The zero-order valence-electron chi connectivity index (χ0n) is 21.0. The van der Waals surface area contributed by atoms with Gasteiger partial charge in [-0.05, 0) is 42.6 Å². The maximum absolute atomic E-state index is 11.8. The number of aliphatic hydroxyl groups excluding tert-OH is 1. The van der Waals surface area contributed by atoms with Crippen LogP contribution in [0.25, 0.3) is 10.9 Å². The van der Waals surface area contributed by atoms with E-state index in [1.165, 1.54) is 0 Å². The first-order valence-corrected chi connectivity index (χ1v) is 12.0. The van der Waals surface area contributed by atoms with E-state index in [-0.39, 0.29) is 13.0 Å². The van der Waals surface area contributed by atoms with E-state index in [4.69, 9.17) is 15.2 Å². The Balaban J connectivity index is 2.02. The lowest BCUT2D eigenvalue weighted by molar-refractivity contribution is -0.117. The number of methoxy groups -OCH3 is 1. The van der Waals surface area contributed by atoms with Gasteiger partial charge in [0.25, 0.3) is 0 Å². The van der Waals surface area contributed by atoms with Gasteiger partial charge >= 0.3 is 0 Å². The number of carbonyl (C=O) groups is 1. The van der Waals surface area contributed by atoms with E-state index in [1.54, 1.807) is 13.3 Å². The minimum atomic E-state index is -0.448. The quantitative estimate of drug-likeness (QED) is 0.275. The Morgan fingerprint density at radius 2 is 2.00 bits per heavy atom. The van der Waals surface area contributed by atoms with Gasteiger partial charge in [-0.1, -0.05) is 32.9 Å². The topological polar surface area (TPSA) is 119 Å². The molecule has 1 amide bonds. The average molecular weight is 481 g/mol. The van der Waals surface area contributed by atoms with Crippen molar-refractivity contribution in [3.63, 3.8) is 0 Å². The van der Waals surface area contributed by atoms with Crippen LogP contribution < -0.4 is 25.8 Å². The summed E-state index contributed by atoms with van der Waals surface area (Å²) in [5, 5.41) is 17.4. The Bertz CT molecular complexity index is 1160. The number of aliphatic hydroxyl groups is 1. The molecule has 3 aromatic rings. The lowest BCUT2D eigenvalue weighted by Crippen LogP contribution is -2.24. The molecule has 0 aliphatic rings. The normalized spacial score (nSPS) is 11.1. The summed E-state index contributed by atoms with van der Waals surface area (Å²) in [6.07, 6.45) is 3.30. The first-order valence-electron chi connectivity index (χ1n) is 12.0. The molecule has 0 unspecified atom stereocenters. The van der Waals surface area contributed by atoms with E-state index in [0.717, 1.165) is 47.3 Å². The Kier molecular flexibility index (Phi) is 9.28. The van der Waals surface area contributed by atoms with Crippen LogP contribution in [-0.2, 0) is 24.2 Å². The van der Waals surface area contributed by atoms with Crippen molar-refractivity contribution in [2.45, 2.75) is 52.7 Å². The van der Waals surface area contributed by atoms with Crippen LogP contribution in [-0.4, -0.2) is 42.3 Å².